The Bertz CT molecular complexity index is 883. The molecule has 3 aromatic rings. The van der Waals surface area contributed by atoms with E-state index in [-0.39, 0.29) is 17.3 Å². The molecule has 0 atom stereocenters. The second kappa shape index (κ2) is 5.72. The summed E-state index contributed by atoms with van der Waals surface area (Å²) in [5.41, 5.74) is 1.19. The molecule has 23 heavy (non-hydrogen) atoms. The number of benzene rings is 1. The van der Waals surface area contributed by atoms with Crippen LogP contribution < -0.4 is 0 Å². The maximum absolute atomic E-state index is 13.0. The molecular formula is C14H9FN4O4. The molecule has 0 aliphatic heterocycles. The number of hydrogen-bond acceptors (Lipinski definition) is 6. The molecule has 9 heteroatoms. The lowest BCUT2D eigenvalue weighted by Gasteiger charge is -1.99. The third kappa shape index (κ3) is 2.79. The zero-order chi connectivity index (χ0) is 16.4. The van der Waals surface area contributed by atoms with Crippen LogP contribution in [0.3, 0.4) is 0 Å². The topological polar surface area (TPSA) is 107 Å². The van der Waals surface area contributed by atoms with Crippen molar-refractivity contribution in [3.63, 3.8) is 0 Å². The second-order valence-electron chi connectivity index (χ2n) is 4.49. The first kappa shape index (κ1) is 14.4. The third-order valence-electron chi connectivity index (χ3n) is 3.04. The summed E-state index contributed by atoms with van der Waals surface area (Å²) < 4.78 is 19.5. The van der Waals surface area contributed by atoms with Crippen LogP contribution in [-0.4, -0.2) is 26.1 Å². The summed E-state index contributed by atoms with van der Waals surface area (Å²) in [5, 5.41) is 26.6. The molecule has 1 aromatic carbocycles. The molecule has 0 unspecified atom stereocenters. The maximum Gasteiger partial charge on any atom is 0.433 e. The largest absolute Gasteiger partial charge is 0.433 e. The summed E-state index contributed by atoms with van der Waals surface area (Å²) in [7, 11) is 0. The highest BCUT2D eigenvalue weighted by molar-refractivity contribution is 5.87. The molecule has 0 saturated heterocycles. The van der Waals surface area contributed by atoms with E-state index in [2.05, 4.69) is 10.3 Å². The first-order valence-electron chi connectivity index (χ1n) is 6.36. The average Bonchev–Trinajstić information content (AvgIpc) is 3.15. The summed E-state index contributed by atoms with van der Waals surface area (Å²) in [6.45, 7) is 0. The fraction of sp³-hybridized carbons (Fsp3) is 0. The van der Waals surface area contributed by atoms with E-state index in [1.165, 1.54) is 47.3 Å². The summed E-state index contributed by atoms with van der Waals surface area (Å²) in [6, 6.07) is 8.16. The van der Waals surface area contributed by atoms with Crippen LogP contribution in [0.2, 0.25) is 0 Å². The van der Waals surface area contributed by atoms with Gasteiger partial charge < -0.3 is 9.62 Å². The lowest BCUT2D eigenvalue weighted by Crippen LogP contribution is -1.94. The SMILES string of the molecule is O=[N+]([O-])c1ccc(-c2nn(-c3ccc(F)cc3)cc2C=NO)o1. The van der Waals surface area contributed by atoms with E-state index in [1.807, 2.05) is 0 Å². The van der Waals surface area contributed by atoms with Crippen molar-refractivity contribution in [3.05, 3.63) is 64.1 Å². The molecule has 0 aliphatic rings. The predicted molar refractivity (Wildman–Crippen MR) is 77.3 cm³/mol. The molecule has 0 amide bonds. The van der Waals surface area contributed by atoms with Gasteiger partial charge in [0.1, 0.15) is 16.4 Å². The molecule has 2 aromatic heterocycles. The van der Waals surface area contributed by atoms with E-state index in [4.69, 9.17) is 9.62 Å². The molecule has 0 fully saturated rings. The zero-order valence-electron chi connectivity index (χ0n) is 11.5. The molecule has 1 N–H and O–H groups in total. The van der Waals surface area contributed by atoms with Crippen molar-refractivity contribution >= 4 is 12.1 Å². The van der Waals surface area contributed by atoms with Gasteiger partial charge in [0.05, 0.1) is 18.0 Å². The Morgan fingerprint density at radius 1 is 1.30 bits per heavy atom. The Balaban J connectivity index is 2.08. The fourth-order valence-electron chi connectivity index (χ4n) is 2.01. The average molecular weight is 316 g/mol. The van der Waals surface area contributed by atoms with E-state index < -0.39 is 10.8 Å². The van der Waals surface area contributed by atoms with Gasteiger partial charge in [-0.3, -0.25) is 10.1 Å². The number of nitro groups is 1. The minimum atomic E-state index is -0.666. The standard InChI is InChI=1S/C14H9FN4O4/c15-10-1-3-11(4-2-10)18-8-9(7-16-20)14(17-18)12-5-6-13(23-12)19(21)22/h1-8,20H. The Hall–Kier alpha value is -3.49. The van der Waals surface area contributed by atoms with Crippen LogP contribution in [0.4, 0.5) is 10.3 Å². The molecule has 0 bridgehead atoms. The number of nitrogens with zero attached hydrogens (tertiary/aromatic N) is 4. The van der Waals surface area contributed by atoms with Crippen LogP contribution in [0.15, 0.2) is 52.2 Å². The number of rotatable bonds is 4. The van der Waals surface area contributed by atoms with Gasteiger partial charge in [-0.1, -0.05) is 5.16 Å². The van der Waals surface area contributed by atoms with Gasteiger partial charge in [-0.25, -0.2) is 9.07 Å². The van der Waals surface area contributed by atoms with Gasteiger partial charge in [-0.05, 0) is 30.3 Å². The van der Waals surface area contributed by atoms with Crippen LogP contribution >= 0.6 is 0 Å². The Labute approximate surface area is 128 Å². The third-order valence-corrected chi connectivity index (χ3v) is 3.04. The van der Waals surface area contributed by atoms with Gasteiger partial charge in [0.25, 0.3) is 0 Å². The van der Waals surface area contributed by atoms with E-state index in [9.17, 15) is 14.5 Å². The van der Waals surface area contributed by atoms with E-state index in [1.54, 1.807) is 0 Å². The highest BCUT2D eigenvalue weighted by atomic mass is 19.1. The van der Waals surface area contributed by atoms with Crippen molar-refractivity contribution in [1.29, 1.82) is 0 Å². The maximum atomic E-state index is 13.0. The molecule has 0 spiro atoms. The molecule has 116 valence electrons. The van der Waals surface area contributed by atoms with Crippen LogP contribution in [0, 0.1) is 15.9 Å². The van der Waals surface area contributed by atoms with Gasteiger partial charge in [-0.15, -0.1) is 0 Å². The summed E-state index contributed by atoms with van der Waals surface area (Å²) >= 11 is 0. The number of oxime groups is 1. The lowest BCUT2D eigenvalue weighted by molar-refractivity contribution is -0.401. The molecule has 3 rings (SSSR count). The molecule has 0 aliphatic carbocycles. The van der Waals surface area contributed by atoms with Crippen LogP contribution in [0.5, 0.6) is 0 Å². The fourth-order valence-corrected chi connectivity index (χ4v) is 2.01. The van der Waals surface area contributed by atoms with Crippen molar-refractivity contribution in [2.45, 2.75) is 0 Å². The minimum absolute atomic E-state index is 0.146. The van der Waals surface area contributed by atoms with Crippen molar-refractivity contribution in [1.82, 2.24) is 9.78 Å². The zero-order valence-corrected chi connectivity index (χ0v) is 11.5. The van der Waals surface area contributed by atoms with Crippen LogP contribution in [-0.2, 0) is 0 Å². The first-order chi connectivity index (χ1) is 11.1. The number of hydrogen-bond donors (Lipinski definition) is 1. The number of aromatic nitrogens is 2. The molecule has 2 heterocycles. The van der Waals surface area contributed by atoms with Gasteiger partial charge >= 0.3 is 5.88 Å². The van der Waals surface area contributed by atoms with Gasteiger partial charge in [-0.2, -0.15) is 5.10 Å². The number of furan rings is 1. The highest BCUT2D eigenvalue weighted by Crippen LogP contribution is 2.27. The molecular weight excluding hydrogens is 307 g/mol. The lowest BCUT2D eigenvalue weighted by atomic mass is 10.2. The second-order valence-corrected chi connectivity index (χ2v) is 4.49. The molecule has 0 radical (unpaired) electrons. The summed E-state index contributed by atoms with van der Waals surface area (Å²) in [4.78, 5) is 10.0. The van der Waals surface area contributed by atoms with Crippen molar-refractivity contribution in [2.75, 3.05) is 0 Å². The Kier molecular flexibility index (Phi) is 3.59. The summed E-state index contributed by atoms with van der Waals surface area (Å²) in [6.07, 6.45) is 2.65. The van der Waals surface area contributed by atoms with Crippen molar-refractivity contribution in [3.8, 4) is 17.1 Å². The monoisotopic (exact) mass is 316 g/mol. The molecule has 0 saturated carbocycles. The Morgan fingerprint density at radius 2 is 2.04 bits per heavy atom. The van der Waals surface area contributed by atoms with Gasteiger partial charge in [0.2, 0.25) is 0 Å². The minimum Gasteiger partial charge on any atom is -0.411 e. The normalized spacial score (nSPS) is 11.2. The Morgan fingerprint density at radius 3 is 2.65 bits per heavy atom. The quantitative estimate of drug-likeness (QED) is 0.344. The van der Waals surface area contributed by atoms with Crippen LogP contribution in [0.1, 0.15) is 5.56 Å². The van der Waals surface area contributed by atoms with Gasteiger partial charge in [0, 0.05) is 11.8 Å². The smallest absolute Gasteiger partial charge is 0.411 e. The van der Waals surface area contributed by atoms with E-state index in [0.29, 0.717) is 11.3 Å². The van der Waals surface area contributed by atoms with Gasteiger partial charge in [0.15, 0.2) is 5.76 Å². The summed E-state index contributed by atoms with van der Waals surface area (Å²) in [5.74, 6) is -0.671. The molecule has 8 nitrogen and oxygen atoms in total. The van der Waals surface area contributed by atoms with E-state index >= 15 is 0 Å². The van der Waals surface area contributed by atoms with E-state index in [0.717, 1.165) is 6.21 Å². The predicted octanol–water partition coefficient (Wildman–Crippen LogP) is 2.99. The van der Waals surface area contributed by atoms with Crippen LogP contribution in [0.25, 0.3) is 17.1 Å². The number of halogens is 1. The van der Waals surface area contributed by atoms with Crippen molar-refractivity contribution in [2.24, 2.45) is 5.16 Å². The highest BCUT2D eigenvalue weighted by Gasteiger charge is 2.18. The first-order valence-corrected chi connectivity index (χ1v) is 6.36. The van der Waals surface area contributed by atoms with Crippen molar-refractivity contribution < 1.29 is 18.9 Å².